The largest absolute Gasteiger partial charge is 0.389 e. The molecule has 1 aliphatic rings. The zero-order valence-electron chi connectivity index (χ0n) is 20.8. The Hall–Kier alpha value is -2.71. The Bertz CT molecular complexity index is 908. The van der Waals surface area contributed by atoms with Crippen molar-refractivity contribution in [3.63, 3.8) is 0 Å². The molecule has 0 unspecified atom stereocenters. The first-order chi connectivity index (χ1) is 15.0. The van der Waals surface area contributed by atoms with Crippen LogP contribution in [0.25, 0.3) is 0 Å². The molecule has 0 aromatic carbocycles. The number of allylic oxidation sites excluding steroid dienone is 17. The lowest BCUT2D eigenvalue weighted by Crippen LogP contribution is -2.32. The average Bonchev–Trinajstić information content (AvgIpc) is 2.69. The van der Waals surface area contributed by atoms with Gasteiger partial charge < -0.3 is 5.11 Å². The van der Waals surface area contributed by atoms with E-state index in [1.165, 1.54) is 16.7 Å². The fourth-order valence-electron chi connectivity index (χ4n) is 3.73. The Balaban J connectivity index is 2.66. The molecule has 2 heteroatoms. The summed E-state index contributed by atoms with van der Waals surface area (Å²) in [4.78, 5) is 10.6. The number of hydrogen-bond donors (Lipinski definition) is 1. The minimum Gasteiger partial charge on any atom is -0.389 e. The van der Waals surface area contributed by atoms with Gasteiger partial charge in [0.25, 0.3) is 0 Å². The second-order valence-electron chi connectivity index (χ2n) is 9.37. The third-order valence-electron chi connectivity index (χ3n) is 5.53. The molecule has 0 heterocycles. The van der Waals surface area contributed by atoms with Gasteiger partial charge in [0.2, 0.25) is 0 Å². The monoisotopic (exact) mass is 432 g/mol. The topological polar surface area (TPSA) is 37.3 Å². The van der Waals surface area contributed by atoms with Gasteiger partial charge in [-0.05, 0) is 52.0 Å². The van der Waals surface area contributed by atoms with Crippen molar-refractivity contribution in [3.8, 4) is 0 Å². The van der Waals surface area contributed by atoms with Crippen LogP contribution in [-0.4, -0.2) is 17.5 Å². The lowest BCUT2D eigenvalue weighted by molar-refractivity contribution is -0.104. The van der Waals surface area contributed by atoms with Crippen LogP contribution in [0.5, 0.6) is 0 Å². The molecule has 0 saturated heterocycles. The van der Waals surface area contributed by atoms with Crippen molar-refractivity contribution < 1.29 is 9.90 Å². The fraction of sp³-hybridized carbons (Fsp3) is 0.367. The van der Waals surface area contributed by atoms with Crippen molar-refractivity contribution >= 4 is 6.29 Å². The maximum Gasteiger partial charge on any atom is 0.145 e. The quantitative estimate of drug-likeness (QED) is 0.177. The van der Waals surface area contributed by atoms with Crippen LogP contribution in [-0.2, 0) is 4.79 Å². The Kier molecular flexibility index (Phi) is 11.7. The standard InChI is InChI=1S/C30H40O2/c1-23(12-8-9-13-24(2)15-11-17-26(4)22-31)14-10-16-25(3)18-19-29-27(5)20-28(32)21-30(29,6)7/h8-20,22,28-29,32H,21H2,1-7H3/b9-8+,14-10-,15-11+,19-18+,23-12+,24-13+,25-16-,26-17+/t28-,29-/m1/s1. The zero-order valence-corrected chi connectivity index (χ0v) is 20.8. The minimum absolute atomic E-state index is 0.0598. The number of aliphatic hydroxyl groups is 1. The number of aliphatic hydroxyl groups excluding tert-OH is 1. The molecule has 172 valence electrons. The molecule has 0 bridgehead atoms. The van der Waals surface area contributed by atoms with Crippen LogP contribution in [0.4, 0.5) is 0 Å². The predicted octanol–water partition coefficient (Wildman–Crippen LogP) is 7.55. The minimum atomic E-state index is -0.330. The fourth-order valence-corrected chi connectivity index (χ4v) is 3.73. The van der Waals surface area contributed by atoms with E-state index >= 15 is 0 Å². The summed E-state index contributed by atoms with van der Waals surface area (Å²) in [5, 5.41) is 9.99. The Morgan fingerprint density at radius 1 is 0.844 bits per heavy atom. The van der Waals surface area contributed by atoms with E-state index in [9.17, 15) is 9.90 Å². The summed E-state index contributed by atoms with van der Waals surface area (Å²) in [6, 6.07) is 0. The van der Waals surface area contributed by atoms with Crippen molar-refractivity contribution in [1.82, 2.24) is 0 Å². The van der Waals surface area contributed by atoms with Gasteiger partial charge in [0.15, 0.2) is 0 Å². The molecule has 32 heavy (non-hydrogen) atoms. The molecule has 0 fully saturated rings. The molecule has 0 aromatic heterocycles. The van der Waals surface area contributed by atoms with E-state index in [0.29, 0.717) is 11.5 Å². The van der Waals surface area contributed by atoms with E-state index in [-0.39, 0.29) is 11.5 Å². The van der Waals surface area contributed by atoms with Gasteiger partial charge in [-0.1, -0.05) is 115 Å². The highest BCUT2D eigenvalue weighted by Gasteiger charge is 2.34. The average molecular weight is 433 g/mol. The normalized spacial score (nSPS) is 23.7. The first-order valence-corrected chi connectivity index (χ1v) is 11.3. The SMILES string of the molecule is CC1=C[C@@H](O)CC(C)(C)[C@@H]1/C=C/C(C)=C\C=C/C(C)=C/C=C/C=C(C)/C=C/C=C(\C)C=O. The van der Waals surface area contributed by atoms with Gasteiger partial charge in [-0.25, -0.2) is 0 Å². The number of rotatable bonds is 9. The van der Waals surface area contributed by atoms with E-state index < -0.39 is 0 Å². The number of aldehydes is 1. The molecule has 2 nitrogen and oxygen atoms in total. The van der Waals surface area contributed by atoms with E-state index in [1.807, 2.05) is 43.4 Å². The second kappa shape index (κ2) is 13.6. The summed E-state index contributed by atoms with van der Waals surface area (Å²) < 4.78 is 0. The van der Waals surface area contributed by atoms with E-state index in [2.05, 4.69) is 71.1 Å². The highest BCUT2D eigenvalue weighted by atomic mass is 16.3. The number of carbonyl (C=O) groups excluding carboxylic acids is 1. The molecule has 0 radical (unpaired) electrons. The third kappa shape index (κ3) is 10.5. The smallest absolute Gasteiger partial charge is 0.145 e. The molecule has 0 amide bonds. The summed E-state index contributed by atoms with van der Waals surface area (Å²) in [5.74, 6) is 0.349. The summed E-state index contributed by atoms with van der Waals surface area (Å²) >= 11 is 0. The first kappa shape index (κ1) is 27.3. The van der Waals surface area contributed by atoms with E-state index in [4.69, 9.17) is 0 Å². The van der Waals surface area contributed by atoms with Crippen LogP contribution in [0.3, 0.4) is 0 Å². The molecule has 1 aliphatic carbocycles. The van der Waals surface area contributed by atoms with Gasteiger partial charge in [-0.3, -0.25) is 4.79 Å². The lowest BCUT2D eigenvalue weighted by atomic mass is 9.67. The van der Waals surface area contributed by atoms with E-state index in [1.54, 1.807) is 13.0 Å². The molecule has 1 N–H and O–H groups in total. The Morgan fingerprint density at radius 3 is 1.81 bits per heavy atom. The van der Waals surface area contributed by atoms with Crippen LogP contribution in [0.2, 0.25) is 0 Å². The van der Waals surface area contributed by atoms with Crippen LogP contribution in [0.15, 0.2) is 107 Å². The maximum atomic E-state index is 10.6. The number of carbonyl (C=O) groups is 1. The highest BCUT2D eigenvalue weighted by Crippen LogP contribution is 2.41. The molecule has 2 atom stereocenters. The van der Waals surface area contributed by atoms with Crippen LogP contribution < -0.4 is 0 Å². The molecule has 0 spiro atoms. The molecule has 0 aliphatic heterocycles. The number of hydrogen-bond acceptors (Lipinski definition) is 2. The van der Waals surface area contributed by atoms with Crippen molar-refractivity contribution in [3.05, 3.63) is 107 Å². The van der Waals surface area contributed by atoms with Gasteiger partial charge in [-0.15, -0.1) is 0 Å². The molecular weight excluding hydrogens is 392 g/mol. The van der Waals surface area contributed by atoms with Gasteiger partial charge in [0, 0.05) is 5.92 Å². The summed E-state index contributed by atoms with van der Waals surface area (Å²) in [5.41, 5.74) is 5.49. The lowest BCUT2D eigenvalue weighted by Gasteiger charge is -2.38. The Labute approximate surface area is 195 Å². The highest BCUT2D eigenvalue weighted by molar-refractivity contribution is 5.72. The maximum absolute atomic E-state index is 10.6. The van der Waals surface area contributed by atoms with Crippen molar-refractivity contribution in [2.24, 2.45) is 11.3 Å². The van der Waals surface area contributed by atoms with Crippen LogP contribution in [0.1, 0.15) is 54.9 Å². The zero-order chi connectivity index (χ0) is 24.1. The summed E-state index contributed by atoms with van der Waals surface area (Å²) in [7, 11) is 0. The molecular formula is C30H40O2. The van der Waals surface area contributed by atoms with Crippen molar-refractivity contribution in [2.45, 2.75) is 61.0 Å². The molecule has 0 aromatic rings. The predicted molar refractivity (Wildman–Crippen MR) is 139 cm³/mol. The van der Waals surface area contributed by atoms with Crippen molar-refractivity contribution in [1.29, 1.82) is 0 Å². The van der Waals surface area contributed by atoms with Gasteiger partial charge in [0.05, 0.1) is 6.10 Å². The summed E-state index contributed by atoms with van der Waals surface area (Å²) in [6.45, 7) is 14.5. The molecule has 1 rings (SSSR count). The first-order valence-electron chi connectivity index (χ1n) is 11.3. The molecule has 0 saturated carbocycles. The van der Waals surface area contributed by atoms with Crippen molar-refractivity contribution in [2.75, 3.05) is 0 Å². The summed E-state index contributed by atoms with van der Waals surface area (Å²) in [6.07, 6.45) is 27.8. The Morgan fingerprint density at radius 2 is 1.31 bits per heavy atom. The van der Waals surface area contributed by atoms with Gasteiger partial charge in [0.1, 0.15) is 6.29 Å². The van der Waals surface area contributed by atoms with Gasteiger partial charge >= 0.3 is 0 Å². The van der Waals surface area contributed by atoms with E-state index in [0.717, 1.165) is 18.3 Å². The van der Waals surface area contributed by atoms with Crippen LogP contribution >= 0.6 is 0 Å². The van der Waals surface area contributed by atoms with Gasteiger partial charge in [-0.2, -0.15) is 0 Å². The van der Waals surface area contributed by atoms with Crippen LogP contribution in [0, 0.1) is 11.3 Å². The second-order valence-corrected chi connectivity index (χ2v) is 9.37. The third-order valence-corrected chi connectivity index (χ3v) is 5.53.